The van der Waals surface area contributed by atoms with Crippen LogP contribution in [-0.2, 0) is 18.6 Å². The first-order valence-electron chi connectivity index (χ1n) is 11.5. The molecule has 1 atom stereocenters. The van der Waals surface area contributed by atoms with E-state index in [9.17, 15) is 0 Å². The minimum Gasteiger partial charge on any atom is -0.319 e. The smallest absolute Gasteiger partial charge is 0.137 e. The summed E-state index contributed by atoms with van der Waals surface area (Å²) in [6.07, 6.45) is 7.40. The highest BCUT2D eigenvalue weighted by atomic mass is 15.3. The summed E-state index contributed by atoms with van der Waals surface area (Å²) in [6.45, 7) is 3.56. The Bertz CT molecular complexity index is 1180. The van der Waals surface area contributed by atoms with Gasteiger partial charge in [-0.3, -0.25) is 4.68 Å². The van der Waals surface area contributed by atoms with Crippen molar-refractivity contribution in [2.75, 3.05) is 0 Å². The molecule has 34 heavy (non-hydrogen) atoms. The van der Waals surface area contributed by atoms with Crippen molar-refractivity contribution in [2.45, 2.75) is 31.6 Å². The zero-order chi connectivity index (χ0) is 23.2. The lowest BCUT2D eigenvalue weighted by atomic mass is 9.77. The molecule has 0 saturated heterocycles. The molecule has 0 fully saturated rings. The molecule has 0 bridgehead atoms. The summed E-state index contributed by atoms with van der Waals surface area (Å²) in [7, 11) is 0. The molecule has 6 nitrogen and oxygen atoms in total. The van der Waals surface area contributed by atoms with E-state index in [1.165, 1.54) is 16.7 Å². The van der Waals surface area contributed by atoms with Crippen molar-refractivity contribution in [3.63, 3.8) is 0 Å². The summed E-state index contributed by atoms with van der Waals surface area (Å²) >= 11 is 0. The monoisotopic (exact) mass is 448 g/mol. The van der Waals surface area contributed by atoms with Gasteiger partial charge < -0.3 is 9.88 Å². The molecule has 0 saturated carbocycles. The largest absolute Gasteiger partial charge is 0.319 e. The Morgan fingerprint density at radius 1 is 0.794 bits per heavy atom. The van der Waals surface area contributed by atoms with Crippen LogP contribution in [0.2, 0.25) is 0 Å². The van der Waals surface area contributed by atoms with Gasteiger partial charge >= 0.3 is 0 Å². The quantitative estimate of drug-likeness (QED) is 0.338. The third-order valence-corrected chi connectivity index (χ3v) is 6.16. The molecule has 170 valence electrons. The highest BCUT2D eigenvalue weighted by molar-refractivity contribution is 5.50. The molecule has 2 heterocycles. The zero-order valence-electron chi connectivity index (χ0n) is 19.2. The Morgan fingerprint density at radius 3 is 1.85 bits per heavy atom. The first kappa shape index (κ1) is 21.8. The van der Waals surface area contributed by atoms with Crippen LogP contribution in [0.4, 0.5) is 0 Å². The molecule has 0 aliphatic heterocycles. The molecule has 5 aromatic rings. The standard InChI is InChI=1S/C28H28N6/c1-23(18-34-21-29-20-32-34)30-17-27-19-33(22-31-27)28(24-11-5-2-6-12-24,25-13-7-3-8-14-25)26-15-9-4-10-16-26/h2-16,19-23,30H,17-18H2,1H3/t23-/m0/s1. The fraction of sp³-hybridized carbons (Fsp3) is 0.179. The number of nitrogens with one attached hydrogen (secondary N) is 1. The molecule has 2 aromatic heterocycles. The molecule has 6 heteroatoms. The summed E-state index contributed by atoms with van der Waals surface area (Å²) in [6, 6.07) is 32.2. The van der Waals surface area contributed by atoms with Crippen LogP contribution >= 0.6 is 0 Å². The predicted octanol–water partition coefficient (Wildman–Crippen LogP) is 4.49. The number of hydrogen-bond acceptors (Lipinski definition) is 4. The van der Waals surface area contributed by atoms with E-state index in [4.69, 9.17) is 4.98 Å². The first-order chi connectivity index (χ1) is 16.8. The first-order valence-corrected chi connectivity index (χ1v) is 11.5. The number of rotatable bonds is 9. The number of nitrogens with zero attached hydrogens (tertiary/aromatic N) is 5. The molecule has 5 rings (SSSR count). The Kier molecular flexibility index (Phi) is 6.31. The van der Waals surface area contributed by atoms with Crippen molar-refractivity contribution < 1.29 is 0 Å². The van der Waals surface area contributed by atoms with E-state index in [1.54, 1.807) is 12.7 Å². The second-order valence-corrected chi connectivity index (χ2v) is 8.48. The molecular formula is C28H28N6. The third-order valence-electron chi connectivity index (χ3n) is 6.16. The van der Waals surface area contributed by atoms with Crippen LogP contribution in [0, 0.1) is 0 Å². The average molecular weight is 449 g/mol. The molecule has 0 aliphatic rings. The van der Waals surface area contributed by atoms with Gasteiger partial charge in [0.25, 0.3) is 0 Å². The van der Waals surface area contributed by atoms with Crippen LogP contribution in [0.5, 0.6) is 0 Å². The molecule has 0 amide bonds. The van der Waals surface area contributed by atoms with Gasteiger partial charge in [0.05, 0.1) is 18.6 Å². The second kappa shape index (κ2) is 9.85. The normalized spacial score (nSPS) is 12.5. The van der Waals surface area contributed by atoms with Crippen LogP contribution in [0.1, 0.15) is 29.3 Å². The average Bonchev–Trinajstić information content (AvgIpc) is 3.58. The van der Waals surface area contributed by atoms with E-state index in [0.29, 0.717) is 6.54 Å². The van der Waals surface area contributed by atoms with Gasteiger partial charge in [0.1, 0.15) is 18.2 Å². The van der Waals surface area contributed by atoms with E-state index >= 15 is 0 Å². The Balaban J connectivity index is 1.53. The van der Waals surface area contributed by atoms with Gasteiger partial charge in [0.2, 0.25) is 0 Å². The highest BCUT2D eigenvalue weighted by Crippen LogP contribution is 2.40. The second-order valence-electron chi connectivity index (χ2n) is 8.48. The van der Waals surface area contributed by atoms with Crippen molar-refractivity contribution >= 4 is 0 Å². The molecule has 0 unspecified atom stereocenters. The zero-order valence-corrected chi connectivity index (χ0v) is 19.2. The molecule has 0 radical (unpaired) electrons. The van der Waals surface area contributed by atoms with Crippen LogP contribution < -0.4 is 5.32 Å². The van der Waals surface area contributed by atoms with Gasteiger partial charge in [-0.2, -0.15) is 5.10 Å². The molecule has 1 N–H and O–H groups in total. The van der Waals surface area contributed by atoms with Crippen molar-refractivity contribution in [1.29, 1.82) is 0 Å². The Labute approximate surface area is 200 Å². The van der Waals surface area contributed by atoms with E-state index in [0.717, 1.165) is 12.2 Å². The van der Waals surface area contributed by atoms with Crippen molar-refractivity contribution in [1.82, 2.24) is 29.6 Å². The maximum Gasteiger partial charge on any atom is 0.137 e. The predicted molar refractivity (Wildman–Crippen MR) is 133 cm³/mol. The lowest BCUT2D eigenvalue weighted by Gasteiger charge is -2.37. The van der Waals surface area contributed by atoms with Crippen LogP contribution in [-0.4, -0.2) is 30.4 Å². The van der Waals surface area contributed by atoms with Gasteiger partial charge in [0.15, 0.2) is 0 Å². The number of aromatic nitrogens is 5. The van der Waals surface area contributed by atoms with Crippen molar-refractivity contribution in [3.8, 4) is 0 Å². The van der Waals surface area contributed by atoms with Crippen molar-refractivity contribution in [2.24, 2.45) is 0 Å². The Hall–Kier alpha value is -4.03. The van der Waals surface area contributed by atoms with Crippen molar-refractivity contribution in [3.05, 3.63) is 139 Å². The summed E-state index contributed by atoms with van der Waals surface area (Å²) in [5.74, 6) is 0. The fourth-order valence-corrected chi connectivity index (χ4v) is 4.57. The molecule has 0 aliphatic carbocycles. The lowest BCUT2D eigenvalue weighted by molar-refractivity contribution is 0.447. The SMILES string of the molecule is C[C@@H](Cn1cncn1)NCc1cn(C(c2ccccc2)(c2ccccc2)c2ccccc2)cn1. The van der Waals surface area contributed by atoms with Gasteiger partial charge in [-0.05, 0) is 23.6 Å². The minimum atomic E-state index is -0.540. The van der Waals surface area contributed by atoms with Gasteiger partial charge in [-0.15, -0.1) is 0 Å². The maximum atomic E-state index is 4.79. The van der Waals surface area contributed by atoms with E-state index in [-0.39, 0.29) is 6.04 Å². The lowest BCUT2D eigenvalue weighted by Crippen LogP contribution is -2.37. The summed E-state index contributed by atoms with van der Waals surface area (Å²) in [5.41, 5.74) is 4.00. The maximum absolute atomic E-state index is 4.79. The topological polar surface area (TPSA) is 60.6 Å². The van der Waals surface area contributed by atoms with Gasteiger partial charge in [-0.25, -0.2) is 9.97 Å². The minimum absolute atomic E-state index is 0.231. The van der Waals surface area contributed by atoms with E-state index < -0.39 is 5.54 Å². The Morgan fingerprint density at radius 2 is 1.35 bits per heavy atom. The van der Waals surface area contributed by atoms with Crippen LogP contribution in [0.25, 0.3) is 0 Å². The van der Waals surface area contributed by atoms with Crippen LogP contribution in [0.3, 0.4) is 0 Å². The van der Waals surface area contributed by atoms with E-state index in [2.05, 4.69) is 124 Å². The van der Waals surface area contributed by atoms with E-state index in [1.807, 2.05) is 11.0 Å². The summed E-state index contributed by atoms with van der Waals surface area (Å²) < 4.78 is 4.08. The summed E-state index contributed by atoms with van der Waals surface area (Å²) in [4.78, 5) is 8.81. The third kappa shape index (κ3) is 4.28. The number of benzene rings is 3. The van der Waals surface area contributed by atoms with Crippen LogP contribution in [0.15, 0.2) is 116 Å². The molecular weight excluding hydrogens is 420 g/mol. The molecule has 3 aromatic carbocycles. The van der Waals surface area contributed by atoms with Gasteiger partial charge in [0, 0.05) is 18.8 Å². The number of hydrogen-bond donors (Lipinski definition) is 1. The highest BCUT2D eigenvalue weighted by Gasteiger charge is 2.38. The fourth-order valence-electron chi connectivity index (χ4n) is 4.57. The number of imidazole rings is 1. The molecule has 0 spiro atoms. The summed E-state index contributed by atoms with van der Waals surface area (Å²) in [5, 5.41) is 7.75. The van der Waals surface area contributed by atoms with Gasteiger partial charge in [-0.1, -0.05) is 91.0 Å².